The molecule has 1 rings (SSSR count). The first kappa shape index (κ1) is 18.4. The Labute approximate surface area is 134 Å². The average Bonchev–Trinajstić information content (AvgIpc) is 2.51. The van der Waals surface area contributed by atoms with Crippen LogP contribution in [0, 0.1) is 31.6 Å². The molecule has 124 valence electrons. The van der Waals surface area contributed by atoms with E-state index in [4.69, 9.17) is 5.26 Å². The lowest BCUT2D eigenvalue weighted by Gasteiger charge is -2.18. The third kappa shape index (κ3) is 3.94. The molecular formula is C15H20N4O4. The maximum atomic E-state index is 11.6. The number of aryl methyl sites for hydroxylation is 1. The fourth-order valence-electron chi connectivity index (χ4n) is 2.53. The summed E-state index contributed by atoms with van der Waals surface area (Å²) in [4.78, 5) is 21.7. The van der Waals surface area contributed by atoms with Gasteiger partial charge in [-0.3, -0.25) is 20.2 Å². The van der Waals surface area contributed by atoms with Gasteiger partial charge < -0.3 is 5.32 Å². The molecule has 0 unspecified atom stereocenters. The monoisotopic (exact) mass is 320 g/mol. The molecule has 1 N–H and O–H groups in total. The predicted molar refractivity (Wildman–Crippen MR) is 86.4 cm³/mol. The molecule has 0 bridgehead atoms. The van der Waals surface area contributed by atoms with Gasteiger partial charge in [-0.15, -0.1) is 0 Å². The maximum absolute atomic E-state index is 11.6. The molecule has 0 aromatic heterocycles. The fourth-order valence-corrected chi connectivity index (χ4v) is 2.53. The molecular weight excluding hydrogens is 300 g/mol. The number of nitro benzene ring substituents is 2. The highest BCUT2D eigenvalue weighted by atomic mass is 16.6. The van der Waals surface area contributed by atoms with E-state index in [1.54, 1.807) is 6.92 Å². The van der Waals surface area contributed by atoms with E-state index in [1.165, 1.54) is 6.07 Å². The van der Waals surface area contributed by atoms with E-state index in [0.717, 1.165) is 0 Å². The number of hydrogen-bond donors (Lipinski definition) is 1. The minimum atomic E-state index is -0.635. The Kier molecular flexibility index (Phi) is 6.45. The number of hydrogen-bond acceptors (Lipinski definition) is 6. The number of rotatable bonds is 8. The maximum Gasteiger partial charge on any atom is 0.303 e. The molecule has 8 nitrogen and oxygen atoms in total. The van der Waals surface area contributed by atoms with Gasteiger partial charge >= 0.3 is 5.69 Å². The van der Waals surface area contributed by atoms with Gasteiger partial charge in [-0.25, -0.2) is 0 Å². The van der Waals surface area contributed by atoms with Crippen LogP contribution >= 0.6 is 0 Å². The summed E-state index contributed by atoms with van der Waals surface area (Å²) in [7, 11) is 0. The summed E-state index contributed by atoms with van der Waals surface area (Å²) < 4.78 is 0. The van der Waals surface area contributed by atoms with Crippen molar-refractivity contribution in [3.8, 4) is 6.07 Å². The Morgan fingerprint density at radius 3 is 2.22 bits per heavy atom. The van der Waals surface area contributed by atoms with Gasteiger partial charge in [-0.1, -0.05) is 20.8 Å². The van der Waals surface area contributed by atoms with Crippen LogP contribution in [0.3, 0.4) is 0 Å². The van der Waals surface area contributed by atoms with Crippen LogP contribution in [0.4, 0.5) is 17.1 Å². The molecule has 0 radical (unpaired) electrons. The Morgan fingerprint density at radius 1 is 1.22 bits per heavy atom. The van der Waals surface area contributed by atoms with Gasteiger partial charge in [0.05, 0.1) is 22.3 Å². The molecule has 0 saturated carbocycles. The molecule has 1 aromatic carbocycles. The third-order valence-electron chi connectivity index (χ3n) is 3.83. The van der Waals surface area contributed by atoms with Crippen molar-refractivity contribution in [1.29, 1.82) is 5.26 Å². The van der Waals surface area contributed by atoms with E-state index in [0.29, 0.717) is 24.8 Å². The first-order valence-corrected chi connectivity index (χ1v) is 7.52. The van der Waals surface area contributed by atoms with E-state index >= 15 is 0 Å². The molecule has 0 heterocycles. The number of benzene rings is 1. The van der Waals surface area contributed by atoms with Crippen LogP contribution in [0.15, 0.2) is 6.07 Å². The molecule has 0 aliphatic carbocycles. The van der Waals surface area contributed by atoms with Crippen LogP contribution in [0.1, 0.15) is 44.7 Å². The molecule has 0 amide bonds. The minimum Gasteiger partial charge on any atom is -0.371 e. The van der Waals surface area contributed by atoms with Crippen molar-refractivity contribution in [2.75, 3.05) is 5.32 Å². The van der Waals surface area contributed by atoms with Crippen LogP contribution in [0.5, 0.6) is 0 Å². The lowest BCUT2D eigenvalue weighted by atomic mass is 9.97. The second-order valence-corrected chi connectivity index (χ2v) is 5.12. The molecule has 0 spiro atoms. The van der Waals surface area contributed by atoms with Crippen molar-refractivity contribution >= 4 is 17.1 Å². The smallest absolute Gasteiger partial charge is 0.303 e. The zero-order valence-corrected chi connectivity index (χ0v) is 13.5. The zero-order valence-electron chi connectivity index (χ0n) is 13.5. The van der Waals surface area contributed by atoms with Gasteiger partial charge in [-0.2, -0.15) is 5.26 Å². The van der Waals surface area contributed by atoms with Gasteiger partial charge in [0.15, 0.2) is 5.69 Å². The van der Waals surface area contributed by atoms with Gasteiger partial charge in [0.2, 0.25) is 0 Å². The Hall–Kier alpha value is -2.69. The van der Waals surface area contributed by atoms with Crippen molar-refractivity contribution in [1.82, 2.24) is 0 Å². The fraction of sp³-hybridized carbons (Fsp3) is 0.533. The standard InChI is InChI=1S/C15H20N4O4/c1-4-10-9-13(18(20)21)14(17-11(5-2)6-3)15(19(22)23)12(10)7-8-16/h9,11,17H,4-7H2,1-3H3. The molecule has 8 heteroatoms. The van der Waals surface area contributed by atoms with E-state index in [1.807, 2.05) is 19.9 Å². The molecule has 0 aliphatic rings. The minimum absolute atomic E-state index is 0.101. The van der Waals surface area contributed by atoms with E-state index < -0.39 is 9.85 Å². The molecule has 0 atom stereocenters. The summed E-state index contributed by atoms with van der Waals surface area (Å²) >= 11 is 0. The summed E-state index contributed by atoms with van der Waals surface area (Å²) in [6, 6.07) is 3.13. The van der Waals surface area contributed by atoms with Crippen LogP contribution in [0.25, 0.3) is 0 Å². The third-order valence-corrected chi connectivity index (χ3v) is 3.83. The zero-order chi connectivity index (χ0) is 17.6. The van der Waals surface area contributed by atoms with E-state index in [9.17, 15) is 20.2 Å². The van der Waals surface area contributed by atoms with Gasteiger partial charge in [0.25, 0.3) is 5.69 Å². The van der Waals surface area contributed by atoms with Crippen molar-refractivity contribution in [2.24, 2.45) is 0 Å². The van der Waals surface area contributed by atoms with E-state index in [-0.39, 0.29) is 35.1 Å². The van der Waals surface area contributed by atoms with Crippen molar-refractivity contribution in [3.63, 3.8) is 0 Å². The summed E-state index contributed by atoms with van der Waals surface area (Å²) in [5.41, 5.74) is -0.0677. The molecule has 0 fully saturated rings. The SMILES string of the molecule is CCc1cc([N+](=O)[O-])c(NC(CC)CC)c([N+](=O)[O-])c1CC#N. The van der Waals surface area contributed by atoms with Gasteiger partial charge in [-0.05, 0) is 24.8 Å². The molecule has 23 heavy (non-hydrogen) atoms. The van der Waals surface area contributed by atoms with Crippen molar-refractivity contribution in [2.45, 2.75) is 52.5 Å². The highest BCUT2D eigenvalue weighted by molar-refractivity contribution is 5.78. The predicted octanol–water partition coefficient (Wildman–Crippen LogP) is 3.73. The Morgan fingerprint density at radius 2 is 1.83 bits per heavy atom. The van der Waals surface area contributed by atoms with Crippen molar-refractivity contribution < 1.29 is 9.85 Å². The number of nitrogens with one attached hydrogen (secondary N) is 1. The lowest BCUT2D eigenvalue weighted by molar-refractivity contribution is -0.392. The topological polar surface area (TPSA) is 122 Å². The highest BCUT2D eigenvalue weighted by Gasteiger charge is 2.32. The quantitative estimate of drug-likeness (QED) is 0.575. The average molecular weight is 320 g/mol. The summed E-state index contributed by atoms with van der Waals surface area (Å²) in [5.74, 6) is 0. The number of nitriles is 1. The Balaban J connectivity index is 3.73. The van der Waals surface area contributed by atoms with Crippen LogP contribution in [-0.2, 0) is 12.8 Å². The van der Waals surface area contributed by atoms with Crippen molar-refractivity contribution in [3.05, 3.63) is 37.4 Å². The first-order chi connectivity index (χ1) is 10.9. The second-order valence-electron chi connectivity index (χ2n) is 5.12. The Bertz CT molecular complexity index is 648. The van der Waals surface area contributed by atoms with Gasteiger partial charge in [0, 0.05) is 17.7 Å². The lowest BCUT2D eigenvalue weighted by Crippen LogP contribution is -2.20. The summed E-state index contributed by atoms with van der Waals surface area (Å²) in [6.07, 6.45) is 1.57. The highest BCUT2D eigenvalue weighted by Crippen LogP contribution is 2.40. The summed E-state index contributed by atoms with van der Waals surface area (Å²) in [6.45, 7) is 5.54. The molecule has 0 saturated heterocycles. The van der Waals surface area contributed by atoms with Crippen LogP contribution in [0.2, 0.25) is 0 Å². The van der Waals surface area contributed by atoms with Crippen LogP contribution < -0.4 is 5.32 Å². The van der Waals surface area contributed by atoms with Crippen LogP contribution in [-0.4, -0.2) is 15.9 Å². The molecule has 0 aliphatic heterocycles. The first-order valence-electron chi connectivity index (χ1n) is 7.52. The summed E-state index contributed by atoms with van der Waals surface area (Å²) in [5, 5.41) is 34.8. The number of nitrogens with zero attached hydrogens (tertiary/aromatic N) is 3. The largest absolute Gasteiger partial charge is 0.371 e. The number of nitro groups is 2. The van der Waals surface area contributed by atoms with Gasteiger partial charge in [0.1, 0.15) is 0 Å². The number of anilines is 1. The van der Waals surface area contributed by atoms with E-state index in [2.05, 4.69) is 5.32 Å². The second kappa shape index (κ2) is 8.08. The normalized spacial score (nSPS) is 10.4. The molecule has 1 aromatic rings.